The molecule has 0 saturated carbocycles. The van der Waals surface area contributed by atoms with Crippen LogP contribution in [0.3, 0.4) is 0 Å². The van der Waals surface area contributed by atoms with E-state index in [-0.39, 0.29) is 10.2 Å². The van der Waals surface area contributed by atoms with Gasteiger partial charge in [-0.3, -0.25) is 0 Å². The molecule has 6 heteroatoms. The van der Waals surface area contributed by atoms with Gasteiger partial charge in [0.15, 0.2) is 5.41 Å². The van der Waals surface area contributed by atoms with E-state index < -0.39 is 17.1 Å². The van der Waals surface area contributed by atoms with Crippen molar-refractivity contribution < 1.29 is 5.11 Å². The van der Waals surface area contributed by atoms with Crippen LogP contribution in [0.4, 0.5) is 0 Å². The highest BCUT2D eigenvalue weighted by atomic mass is 79.9. The molecule has 1 aliphatic heterocycles. The lowest BCUT2D eigenvalue weighted by Gasteiger charge is -2.48. The Bertz CT molecular complexity index is 488. The van der Waals surface area contributed by atoms with E-state index in [1.54, 1.807) is 13.8 Å². The van der Waals surface area contributed by atoms with Crippen LogP contribution in [0.15, 0.2) is 10.2 Å². The number of nitriles is 3. The molecule has 18 heavy (non-hydrogen) atoms. The summed E-state index contributed by atoms with van der Waals surface area (Å²) in [6.07, 6.45) is -0.243. The van der Waals surface area contributed by atoms with Crippen LogP contribution in [0.1, 0.15) is 26.7 Å². The number of halogens is 1. The summed E-state index contributed by atoms with van der Waals surface area (Å²) in [5.41, 5.74) is -2.62. The minimum absolute atomic E-state index is 0.0292. The van der Waals surface area contributed by atoms with Crippen LogP contribution in [0, 0.1) is 44.8 Å². The normalized spacial score (nSPS) is 24.4. The molecule has 5 nitrogen and oxygen atoms in total. The van der Waals surface area contributed by atoms with Crippen LogP contribution in [0.2, 0.25) is 0 Å². The van der Waals surface area contributed by atoms with Gasteiger partial charge in [0, 0.05) is 0 Å². The van der Waals surface area contributed by atoms with Crippen LogP contribution in [-0.2, 0) is 0 Å². The molecule has 94 valence electrons. The van der Waals surface area contributed by atoms with Crippen molar-refractivity contribution in [3.8, 4) is 18.2 Å². The SMILES string of the molecule is CCC1(CC)[C@H](O)NC(Br)=C(C#N)C1(C#N)C#N. The van der Waals surface area contributed by atoms with E-state index in [4.69, 9.17) is 0 Å². The lowest BCUT2D eigenvalue weighted by Crippen LogP contribution is -2.58. The Balaban J connectivity index is 3.71. The van der Waals surface area contributed by atoms with Crippen LogP contribution in [0.25, 0.3) is 0 Å². The summed E-state index contributed by atoms with van der Waals surface area (Å²) >= 11 is 3.11. The fraction of sp³-hybridized carbons (Fsp3) is 0.583. The van der Waals surface area contributed by atoms with Gasteiger partial charge in [-0.05, 0) is 28.8 Å². The highest BCUT2D eigenvalue weighted by Gasteiger charge is 2.61. The second-order valence-corrected chi connectivity index (χ2v) is 4.98. The van der Waals surface area contributed by atoms with Crippen molar-refractivity contribution in [2.45, 2.75) is 32.9 Å². The van der Waals surface area contributed by atoms with E-state index in [0.29, 0.717) is 12.8 Å². The lowest BCUT2D eigenvalue weighted by atomic mass is 9.56. The number of aliphatic hydroxyl groups is 1. The van der Waals surface area contributed by atoms with Crippen molar-refractivity contribution in [2.75, 3.05) is 0 Å². The summed E-state index contributed by atoms with van der Waals surface area (Å²) in [7, 11) is 0. The molecule has 0 aromatic carbocycles. The number of hydrogen-bond acceptors (Lipinski definition) is 5. The largest absolute Gasteiger partial charge is 0.373 e. The minimum atomic E-state index is -1.64. The number of nitrogens with one attached hydrogen (secondary N) is 1. The molecule has 1 aliphatic rings. The standard InChI is InChI=1S/C12H13BrN4O/c1-3-11(4-2)10(18)17-9(13)8(5-14)12(11,6-15)7-16/h10,17-18H,3-4H2,1-2H3/t10-/m0/s1. The first-order valence-corrected chi connectivity index (χ1v) is 6.36. The van der Waals surface area contributed by atoms with Crippen molar-refractivity contribution in [3.05, 3.63) is 10.2 Å². The van der Waals surface area contributed by atoms with E-state index in [2.05, 4.69) is 21.2 Å². The third-order valence-corrected chi connectivity index (χ3v) is 4.46. The molecule has 1 atom stereocenters. The van der Waals surface area contributed by atoms with Gasteiger partial charge >= 0.3 is 0 Å². The molecule has 0 bridgehead atoms. The average molecular weight is 309 g/mol. The predicted octanol–water partition coefficient (Wildman–Crippen LogP) is 1.88. The molecule has 0 unspecified atom stereocenters. The van der Waals surface area contributed by atoms with Crippen LogP contribution in [0.5, 0.6) is 0 Å². The average Bonchev–Trinajstić information content (AvgIpc) is 2.38. The molecule has 0 saturated heterocycles. The first-order chi connectivity index (χ1) is 8.49. The molecule has 0 amide bonds. The van der Waals surface area contributed by atoms with Crippen molar-refractivity contribution in [1.29, 1.82) is 15.8 Å². The molecule has 0 aromatic heterocycles. The lowest BCUT2D eigenvalue weighted by molar-refractivity contribution is -0.0464. The van der Waals surface area contributed by atoms with Crippen molar-refractivity contribution >= 4 is 15.9 Å². The zero-order chi connectivity index (χ0) is 14.0. The Morgan fingerprint density at radius 3 is 2.11 bits per heavy atom. The molecule has 0 aliphatic carbocycles. The van der Waals surface area contributed by atoms with Gasteiger partial charge in [-0.25, -0.2) is 0 Å². The maximum absolute atomic E-state index is 10.2. The summed E-state index contributed by atoms with van der Waals surface area (Å²) in [4.78, 5) is 0. The van der Waals surface area contributed by atoms with E-state index in [9.17, 15) is 20.9 Å². The number of nitrogens with zero attached hydrogens (tertiary/aromatic N) is 3. The second kappa shape index (κ2) is 4.98. The van der Waals surface area contributed by atoms with Crippen LogP contribution in [-0.4, -0.2) is 11.3 Å². The van der Waals surface area contributed by atoms with Gasteiger partial charge in [-0.15, -0.1) is 0 Å². The summed E-state index contributed by atoms with van der Waals surface area (Å²) in [6, 6.07) is 5.80. The van der Waals surface area contributed by atoms with E-state index in [0.717, 1.165) is 0 Å². The number of hydrogen-bond donors (Lipinski definition) is 2. The topological polar surface area (TPSA) is 104 Å². The predicted molar refractivity (Wildman–Crippen MR) is 67.4 cm³/mol. The summed E-state index contributed by atoms with van der Waals surface area (Å²) < 4.78 is 0.207. The van der Waals surface area contributed by atoms with Crippen LogP contribution < -0.4 is 5.32 Å². The fourth-order valence-electron chi connectivity index (χ4n) is 2.61. The Hall–Kier alpha value is -1.55. The quantitative estimate of drug-likeness (QED) is 0.758. The Kier molecular flexibility index (Phi) is 4.02. The van der Waals surface area contributed by atoms with Crippen molar-refractivity contribution in [2.24, 2.45) is 10.8 Å². The third kappa shape index (κ3) is 1.52. The molecule has 0 spiro atoms. The van der Waals surface area contributed by atoms with E-state index in [1.165, 1.54) is 0 Å². The summed E-state index contributed by atoms with van der Waals surface area (Å²) in [6.45, 7) is 3.60. The molecule has 0 fully saturated rings. The molecule has 2 N–H and O–H groups in total. The summed E-state index contributed by atoms with van der Waals surface area (Å²) in [5.74, 6) is 0. The number of aliphatic hydroxyl groups excluding tert-OH is 1. The Morgan fingerprint density at radius 2 is 1.78 bits per heavy atom. The molecule has 0 radical (unpaired) electrons. The monoisotopic (exact) mass is 308 g/mol. The molecular weight excluding hydrogens is 296 g/mol. The van der Waals surface area contributed by atoms with Gasteiger partial charge in [0.2, 0.25) is 0 Å². The van der Waals surface area contributed by atoms with Crippen molar-refractivity contribution in [3.63, 3.8) is 0 Å². The molecular formula is C12H13BrN4O. The van der Waals surface area contributed by atoms with E-state index in [1.807, 2.05) is 18.2 Å². The fourth-order valence-corrected chi connectivity index (χ4v) is 3.21. The van der Waals surface area contributed by atoms with Crippen molar-refractivity contribution in [1.82, 2.24) is 5.32 Å². The zero-order valence-corrected chi connectivity index (χ0v) is 11.7. The van der Waals surface area contributed by atoms with Gasteiger partial charge in [0.1, 0.15) is 12.3 Å². The number of rotatable bonds is 2. The Labute approximate surface area is 114 Å². The van der Waals surface area contributed by atoms with E-state index >= 15 is 0 Å². The molecule has 1 heterocycles. The smallest absolute Gasteiger partial charge is 0.190 e. The highest BCUT2D eigenvalue weighted by Crippen LogP contribution is 2.54. The maximum atomic E-state index is 10.2. The van der Waals surface area contributed by atoms with Gasteiger partial charge in [0.25, 0.3) is 0 Å². The highest BCUT2D eigenvalue weighted by molar-refractivity contribution is 9.11. The molecule has 1 rings (SSSR count). The Morgan fingerprint density at radius 1 is 1.28 bits per heavy atom. The van der Waals surface area contributed by atoms with Gasteiger partial charge < -0.3 is 10.4 Å². The van der Waals surface area contributed by atoms with Crippen LogP contribution >= 0.6 is 15.9 Å². The summed E-state index contributed by atoms with van der Waals surface area (Å²) in [5, 5.41) is 41.1. The maximum Gasteiger partial charge on any atom is 0.190 e. The zero-order valence-electron chi connectivity index (χ0n) is 10.2. The number of allylic oxidation sites excluding steroid dienone is 1. The van der Waals surface area contributed by atoms with Gasteiger partial charge in [-0.2, -0.15) is 15.8 Å². The van der Waals surface area contributed by atoms with Gasteiger partial charge in [0.05, 0.1) is 27.7 Å². The third-order valence-electron chi connectivity index (χ3n) is 3.84. The first kappa shape index (κ1) is 14.5. The molecule has 0 aromatic rings. The first-order valence-electron chi connectivity index (χ1n) is 5.57. The minimum Gasteiger partial charge on any atom is -0.373 e. The van der Waals surface area contributed by atoms with Gasteiger partial charge in [-0.1, -0.05) is 13.8 Å². The second-order valence-electron chi connectivity index (χ2n) is 4.18.